The molecular formula is C13H20FN3O2S. The van der Waals surface area contributed by atoms with Gasteiger partial charge in [-0.25, -0.2) is 12.8 Å². The van der Waals surface area contributed by atoms with Gasteiger partial charge in [0.05, 0.1) is 5.69 Å². The predicted molar refractivity (Wildman–Crippen MR) is 76.3 cm³/mol. The van der Waals surface area contributed by atoms with E-state index in [1.165, 1.54) is 10.4 Å². The number of sulfonamides is 1. The zero-order valence-corrected chi connectivity index (χ0v) is 12.5. The number of piperazine rings is 1. The maximum absolute atomic E-state index is 13.0. The van der Waals surface area contributed by atoms with Crippen molar-refractivity contribution in [3.8, 4) is 0 Å². The Kier molecular flexibility index (Phi) is 4.31. The van der Waals surface area contributed by atoms with Gasteiger partial charge in [-0.05, 0) is 31.7 Å². The molecule has 7 heteroatoms. The largest absolute Gasteiger partial charge is 0.398 e. The quantitative estimate of drug-likeness (QED) is 0.850. The van der Waals surface area contributed by atoms with Gasteiger partial charge in [0.1, 0.15) is 10.7 Å². The van der Waals surface area contributed by atoms with E-state index >= 15 is 0 Å². The van der Waals surface area contributed by atoms with Gasteiger partial charge in [0.15, 0.2) is 0 Å². The molecule has 20 heavy (non-hydrogen) atoms. The third-order valence-electron chi connectivity index (χ3n) is 3.72. The molecule has 1 aliphatic heterocycles. The molecule has 1 heterocycles. The Hall–Kier alpha value is -1.18. The Labute approximate surface area is 119 Å². The van der Waals surface area contributed by atoms with Gasteiger partial charge in [0, 0.05) is 25.7 Å². The lowest BCUT2D eigenvalue weighted by Crippen LogP contribution is -2.53. The highest BCUT2D eigenvalue weighted by molar-refractivity contribution is 7.89. The molecule has 0 amide bonds. The van der Waals surface area contributed by atoms with E-state index in [1.54, 1.807) is 0 Å². The first kappa shape index (κ1) is 15.2. The van der Waals surface area contributed by atoms with Gasteiger partial charge < -0.3 is 5.73 Å². The van der Waals surface area contributed by atoms with Crippen molar-refractivity contribution in [1.29, 1.82) is 0 Å². The summed E-state index contributed by atoms with van der Waals surface area (Å²) in [5, 5.41) is 0. The SMILES string of the molecule is CCN1CCN(S(=O)(=O)c2ccc(F)cc2N)CC1C. The van der Waals surface area contributed by atoms with Crippen LogP contribution in [0.3, 0.4) is 0 Å². The monoisotopic (exact) mass is 301 g/mol. The lowest BCUT2D eigenvalue weighted by Gasteiger charge is -2.38. The van der Waals surface area contributed by atoms with Crippen molar-refractivity contribution in [2.24, 2.45) is 0 Å². The van der Waals surface area contributed by atoms with Gasteiger partial charge >= 0.3 is 0 Å². The lowest BCUT2D eigenvalue weighted by molar-refractivity contribution is 0.135. The number of anilines is 1. The van der Waals surface area contributed by atoms with Crippen LogP contribution in [0.2, 0.25) is 0 Å². The van der Waals surface area contributed by atoms with Gasteiger partial charge in [-0.1, -0.05) is 6.92 Å². The number of nitrogens with zero attached hydrogens (tertiary/aromatic N) is 2. The summed E-state index contributed by atoms with van der Waals surface area (Å²) in [4.78, 5) is 2.20. The number of benzene rings is 1. The number of nitrogens with two attached hydrogens (primary N) is 1. The molecular weight excluding hydrogens is 281 g/mol. The molecule has 1 saturated heterocycles. The molecule has 0 spiro atoms. The zero-order chi connectivity index (χ0) is 14.9. The van der Waals surface area contributed by atoms with Crippen molar-refractivity contribution in [3.63, 3.8) is 0 Å². The zero-order valence-electron chi connectivity index (χ0n) is 11.7. The van der Waals surface area contributed by atoms with E-state index in [0.29, 0.717) is 19.6 Å². The second-order valence-corrected chi connectivity index (χ2v) is 6.93. The molecule has 112 valence electrons. The van der Waals surface area contributed by atoms with Gasteiger partial charge in [-0.3, -0.25) is 4.90 Å². The van der Waals surface area contributed by atoms with Crippen LogP contribution in [0.1, 0.15) is 13.8 Å². The number of hydrogen-bond donors (Lipinski definition) is 1. The molecule has 1 unspecified atom stereocenters. The standard InChI is InChI=1S/C13H20FN3O2S/c1-3-16-6-7-17(9-10(16)2)20(18,19)13-5-4-11(14)8-12(13)15/h4-5,8,10H,3,6-7,9,15H2,1-2H3. The molecule has 0 radical (unpaired) electrons. The smallest absolute Gasteiger partial charge is 0.245 e. The van der Waals surface area contributed by atoms with Crippen molar-refractivity contribution in [2.75, 3.05) is 31.9 Å². The first-order valence-electron chi connectivity index (χ1n) is 6.65. The fraction of sp³-hybridized carbons (Fsp3) is 0.538. The summed E-state index contributed by atoms with van der Waals surface area (Å²) < 4.78 is 39.6. The molecule has 1 fully saturated rings. The average Bonchev–Trinajstić information content (AvgIpc) is 2.38. The number of likely N-dealkylation sites (N-methyl/N-ethyl adjacent to an activating group) is 1. The first-order valence-corrected chi connectivity index (χ1v) is 8.09. The van der Waals surface area contributed by atoms with Crippen LogP contribution in [0.15, 0.2) is 23.1 Å². The van der Waals surface area contributed by atoms with Gasteiger partial charge in [0.2, 0.25) is 10.0 Å². The maximum atomic E-state index is 13.0. The maximum Gasteiger partial charge on any atom is 0.245 e. The van der Waals surface area contributed by atoms with Gasteiger partial charge in [0.25, 0.3) is 0 Å². The normalized spacial score (nSPS) is 22.1. The summed E-state index contributed by atoms with van der Waals surface area (Å²) in [7, 11) is -3.66. The number of hydrogen-bond acceptors (Lipinski definition) is 4. The van der Waals surface area contributed by atoms with E-state index < -0.39 is 15.8 Å². The van der Waals surface area contributed by atoms with Gasteiger partial charge in [-0.15, -0.1) is 0 Å². The van der Waals surface area contributed by atoms with Crippen molar-refractivity contribution < 1.29 is 12.8 Å². The van der Waals surface area contributed by atoms with Crippen LogP contribution < -0.4 is 5.73 Å². The molecule has 1 aliphatic rings. The molecule has 0 saturated carbocycles. The lowest BCUT2D eigenvalue weighted by atomic mass is 10.2. The van der Waals surface area contributed by atoms with Crippen molar-refractivity contribution in [2.45, 2.75) is 24.8 Å². The van der Waals surface area contributed by atoms with E-state index in [1.807, 2.05) is 6.92 Å². The van der Waals surface area contributed by atoms with E-state index in [2.05, 4.69) is 11.8 Å². The van der Waals surface area contributed by atoms with Crippen LogP contribution in [-0.4, -0.2) is 49.8 Å². The van der Waals surface area contributed by atoms with E-state index in [4.69, 9.17) is 5.73 Å². The minimum absolute atomic E-state index is 0.0175. The number of rotatable bonds is 3. The fourth-order valence-electron chi connectivity index (χ4n) is 2.54. The van der Waals surface area contributed by atoms with Crippen LogP contribution in [0.25, 0.3) is 0 Å². The van der Waals surface area contributed by atoms with Crippen molar-refractivity contribution in [3.05, 3.63) is 24.0 Å². The average molecular weight is 301 g/mol. The summed E-state index contributed by atoms with van der Waals surface area (Å²) in [5.41, 5.74) is 5.60. The Balaban J connectivity index is 2.27. The molecule has 0 aromatic heterocycles. The topological polar surface area (TPSA) is 66.6 Å². The Morgan fingerprint density at radius 3 is 2.65 bits per heavy atom. The highest BCUT2D eigenvalue weighted by Crippen LogP contribution is 2.25. The second-order valence-electron chi connectivity index (χ2n) is 5.02. The van der Waals surface area contributed by atoms with Gasteiger partial charge in [-0.2, -0.15) is 4.31 Å². The highest BCUT2D eigenvalue weighted by Gasteiger charge is 2.32. The van der Waals surface area contributed by atoms with Crippen LogP contribution in [0, 0.1) is 5.82 Å². The van der Waals surface area contributed by atoms with Crippen LogP contribution in [0.4, 0.5) is 10.1 Å². The molecule has 2 N–H and O–H groups in total. The van der Waals surface area contributed by atoms with E-state index in [0.717, 1.165) is 18.7 Å². The summed E-state index contributed by atoms with van der Waals surface area (Å²) >= 11 is 0. The summed E-state index contributed by atoms with van der Waals surface area (Å²) in [6.07, 6.45) is 0. The summed E-state index contributed by atoms with van der Waals surface area (Å²) in [6.45, 7) is 6.49. The second kappa shape index (κ2) is 5.67. The summed E-state index contributed by atoms with van der Waals surface area (Å²) in [5.74, 6) is -0.536. The molecule has 1 aromatic rings. The van der Waals surface area contributed by atoms with E-state index in [-0.39, 0.29) is 16.6 Å². The Bertz CT molecular complexity index is 591. The third kappa shape index (κ3) is 2.79. The fourth-order valence-corrected chi connectivity index (χ4v) is 4.15. The molecule has 1 atom stereocenters. The van der Waals surface area contributed by atoms with Crippen molar-refractivity contribution in [1.82, 2.24) is 9.21 Å². The Morgan fingerprint density at radius 2 is 2.10 bits per heavy atom. The number of nitrogen functional groups attached to an aromatic ring is 1. The molecule has 2 rings (SSSR count). The van der Waals surface area contributed by atoms with E-state index in [9.17, 15) is 12.8 Å². The summed E-state index contributed by atoms with van der Waals surface area (Å²) in [6, 6.07) is 3.55. The molecule has 0 aliphatic carbocycles. The number of halogens is 1. The predicted octanol–water partition coefficient (Wildman–Crippen LogP) is 1.12. The third-order valence-corrected chi connectivity index (χ3v) is 5.66. The van der Waals surface area contributed by atoms with Crippen LogP contribution in [-0.2, 0) is 10.0 Å². The van der Waals surface area contributed by atoms with Crippen molar-refractivity contribution >= 4 is 15.7 Å². The minimum atomic E-state index is -3.66. The Morgan fingerprint density at radius 1 is 1.40 bits per heavy atom. The van der Waals surface area contributed by atoms with Crippen LogP contribution >= 0.6 is 0 Å². The highest BCUT2D eigenvalue weighted by atomic mass is 32.2. The molecule has 0 bridgehead atoms. The molecule has 1 aromatic carbocycles. The van der Waals surface area contributed by atoms with Crippen LogP contribution in [0.5, 0.6) is 0 Å². The first-order chi connectivity index (χ1) is 9.36. The molecule has 5 nitrogen and oxygen atoms in total. The minimum Gasteiger partial charge on any atom is -0.398 e.